The van der Waals surface area contributed by atoms with Crippen molar-refractivity contribution in [1.29, 1.82) is 0 Å². The maximum atomic E-state index is 14.1. The summed E-state index contributed by atoms with van der Waals surface area (Å²) in [5.41, 5.74) is 2.53. The highest BCUT2D eigenvalue weighted by atomic mass is 16.7. The summed E-state index contributed by atoms with van der Waals surface area (Å²) in [7, 11) is 1.58. The van der Waals surface area contributed by atoms with E-state index in [4.69, 9.17) is 14.2 Å². The second kappa shape index (κ2) is 11.4. The number of nitrogens with one attached hydrogen (secondary N) is 1. The van der Waals surface area contributed by atoms with Crippen LogP contribution in [0.25, 0.3) is 11.0 Å². The van der Waals surface area contributed by atoms with Crippen molar-refractivity contribution in [3.8, 4) is 17.2 Å². The summed E-state index contributed by atoms with van der Waals surface area (Å²) >= 11 is 0. The van der Waals surface area contributed by atoms with Gasteiger partial charge in [-0.15, -0.1) is 5.10 Å². The molecule has 202 valence electrons. The number of rotatable bonds is 10. The van der Waals surface area contributed by atoms with Crippen LogP contribution in [0, 0.1) is 5.92 Å². The first-order valence-electron chi connectivity index (χ1n) is 12.9. The van der Waals surface area contributed by atoms with Crippen LogP contribution < -0.4 is 24.4 Å². The molecule has 1 N–H and O–H groups in total. The summed E-state index contributed by atoms with van der Waals surface area (Å²) in [6.45, 7) is 4.65. The monoisotopic (exact) mass is 529 g/mol. The van der Waals surface area contributed by atoms with Crippen molar-refractivity contribution < 1.29 is 23.8 Å². The van der Waals surface area contributed by atoms with Gasteiger partial charge in [0.05, 0.1) is 12.6 Å². The normalized spacial score (nSPS) is 12.9. The van der Waals surface area contributed by atoms with Crippen molar-refractivity contribution >= 4 is 28.5 Å². The Morgan fingerprint density at radius 3 is 2.59 bits per heavy atom. The summed E-state index contributed by atoms with van der Waals surface area (Å²) in [4.78, 5) is 29.5. The standard InChI is InChI=1S/C29H31N5O5/c1-19(2)14-15-30-29(36)28(20-8-11-22(37-3)12-9-20)34(21-10-13-25-26(16-21)39-18-38-25)27(35)17-33-24-7-5-4-6-23(24)31-32-33/h4-13,16,19,28H,14-15,17-18H2,1-3H3,(H,30,36)/t28-/m1/s1. The van der Waals surface area contributed by atoms with E-state index in [9.17, 15) is 9.59 Å². The van der Waals surface area contributed by atoms with Crippen LogP contribution in [-0.4, -0.2) is 47.3 Å². The lowest BCUT2D eigenvalue weighted by Crippen LogP contribution is -2.45. The maximum Gasteiger partial charge on any atom is 0.249 e. The second-order valence-electron chi connectivity index (χ2n) is 9.69. The van der Waals surface area contributed by atoms with Gasteiger partial charge in [-0.3, -0.25) is 14.5 Å². The number of amides is 2. The molecule has 3 aromatic carbocycles. The van der Waals surface area contributed by atoms with Gasteiger partial charge in [0.15, 0.2) is 11.5 Å². The molecule has 5 rings (SSSR count). The van der Waals surface area contributed by atoms with Gasteiger partial charge in [0.1, 0.15) is 23.9 Å². The number of ether oxygens (including phenoxy) is 3. The van der Waals surface area contributed by atoms with Crippen LogP contribution in [0.3, 0.4) is 0 Å². The average molecular weight is 530 g/mol. The molecule has 2 heterocycles. The van der Waals surface area contributed by atoms with Crippen molar-refractivity contribution in [2.24, 2.45) is 5.92 Å². The molecule has 10 heteroatoms. The lowest BCUT2D eigenvalue weighted by atomic mass is 10.0. The molecule has 10 nitrogen and oxygen atoms in total. The number of nitrogens with zero attached hydrogens (tertiary/aromatic N) is 4. The highest BCUT2D eigenvalue weighted by molar-refractivity contribution is 6.01. The predicted octanol–water partition coefficient (Wildman–Crippen LogP) is 4.11. The fraction of sp³-hybridized carbons (Fsp3) is 0.310. The van der Waals surface area contributed by atoms with Crippen molar-refractivity contribution in [2.45, 2.75) is 32.9 Å². The van der Waals surface area contributed by atoms with E-state index in [1.54, 1.807) is 54.3 Å². The summed E-state index contributed by atoms with van der Waals surface area (Å²) < 4.78 is 17.9. The Kier molecular flexibility index (Phi) is 7.62. The van der Waals surface area contributed by atoms with Crippen molar-refractivity contribution in [2.75, 3.05) is 25.3 Å². The number of methoxy groups -OCH3 is 1. The zero-order valence-electron chi connectivity index (χ0n) is 22.2. The number of carbonyl (C=O) groups is 2. The third-order valence-corrected chi connectivity index (χ3v) is 6.57. The Bertz CT molecular complexity index is 1470. The molecule has 1 aliphatic heterocycles. The first-order valence-corrected chi connectivity index (χ1v) is 12.9. The number of anilines is 1. The van der Waals surface area contributed by atoms with E-state index in [2.05, 4.69) is 29.5 Å². The number of benzene rings is 3. The van der Waals surface area contributed by atoms with Crippen LogP contribution in [0.1, 0.15) is 31.9 Å². The molecule has 0 fully saturated rings. The molecule has 0 radical (unpaired) electrons. The number of para-hydroxylation sites is 1. The smallest absolute Gasteiger partial charge is 0.249 e. The lowest BCUT2D eigenvalue weighted by molar-refractivity contribution is -0.127. The van der Waals surface area contributed by atoms with Gasteiger partial charge in [-0.05, 0) is 54.3 Å². The topological polar surface area (TPSA) is 108 Å². The zero-order valence-corrected chi connectivity index (χ0v) is 22.2. The first kappa shape index (κ1) is 26.0. The number of aromatic nitrogens is 3. The Morgan fingerprint density at radius 2 is 1.82 bits per heavy atom. The molecule has 0 aliphatic carbocycles. The fourth-order valence-electron chi connectivity index (χ4n) is 4.50. The van der Waals surface area contributed by atoms with Gasteiger partial charge in [0, 0.05) is 18.3 Å². The van der Waals surface area contributed by atoms with Crippen LogP contribution >= 0.6 is 0 Å². The molecule has 0 unspecified atom stereocenters. The molecule has 1 atom stereocenters. The maximum absolute atomic E-state index is 14.1. The molecule has 4 aromatic rings. The van der Waals surface area contributed by atoms with E-state index in [0.717, 1.165) is 11.9 Å². The van der Waals surface area contributed by atoms with E-state index < -0.39 is 6.04 Å². The predicted molar refractivity (Wildman–Crippen MR) is 146 cm³/mol. The van der Waals surface area contributed by atoms with Gasteiger partial charge >= 0.3 is 0 Å². The van der Waals surface area contributed by atoms with Crippen LogP contribution in [0.5, 0.6) is 17.2 Å². The molecule has 0 saturated carbocycles. The van der Waals surface area contributed by atoms with Gasteiger partial charge < -0.3 is 19.5 Å². The van der Waals surface area contributed by atoms with Crippen LogP contribution in [0.2, 0.25) is 0 Å². The van der Waals surface area contributed by atoms with Gasteiger partial charge in [0.25, 0.3) is 0 Å². The van der Waals surface area contributed by atoms with Gasteiger partial charge in [0.2, 0.25) is 18.6 Å². The molecule has 1 aliphatic rings. The molecule has 1 aromatic heterocycles. The fourth-order valence-corrected chi connectivity index (χ4v) is 4.50. The van der Waals surface area contributed by atoms with E-state index in [-0.39, 0.29) is 25.2 Å². The quantitative estimate of drug-likeness (QED) is 0.329. The minimum Gasteiger partial charge on any atom is -0.497 e. The summed E-state index contributed by atoms with van der Waals surface area (Å²) in [6.07, 6.45) is 0.810. The highest BCUT2D eigenvalue weighted by Crippen LogP contribution is 2.38. The van der Waals surface area contributed by atoms with E-state index in [1.165, 1.54) is 4.90 Å². The number of hydrogen-bond acceptors (Lipinski definition) is 7. The Hall–Kier alpha value is -4.60. The molecular formula is C29H31N5O5. The molecule has 0 bridgehead atoms. The van der Waals surface area contributed by atoms with Gasteiger partial charge in [-0.25, -0.2) is 4.68 Å². The Morgan fingerprint density at radius 1 is 1.05 bits per heavy atom. The molecule has 0 saturated heterocycles. The van der Waals surface area contributed by atoms with Crippen LogP contribution in [0.4, 0.5) is 5.69 Å². The van der Waals surface area contributed by atoms with Crippen molar-refractivity contribution in [3.63, 3.8) is 0 Å². The minimum absolute atomic E-state index is 0.0925. The highest BCUT2D eigenvalue weighted by Gasteiger charge is 2.34. The molecule has 0 spiro atoms. The number of hydrogen-bond donors (Lipinski definition) is 1. The van der Waals surface area contributed by atoms with Gasteiger partial charge in [-0.2, -0.15) is 0 Å². The third kappa shape index (κ3) is 5.64. The first-order chi connectivity index (χ1) is 18.9. The molecule has 39 heavy (non-hydrogen) atoms. The SMILES string of the molecule is COc1ccc([C@H](C(=O)NCCC(C)C)N(C(=O)Cn2nnc3ccccc32)c2ccc3c(c2)OCO3)cc1. The molecular weight excluding hydrogens is 498 g/mol. The molecule has 2 amide bonds. The third-order valence-electron chi connectivity index (χ3n) is 6.57. The number of fused-ring (bicyclic) bond motifs is 2. The van der Waals surface area contributed by atoms with E-state index in [1.807, 2.05) is 24.3 Å². The summed E-state index contributed by atoms with van der Waals surface area (Å²) in [5.74, 6) is 1.50. The Labute approximate surface area is 226 Å². The largest absolute Gasteiger partial charge is 0.497 e. The van der Waals surface area contributed by atoms with Crippen molar-refractivity contribution in [1.82, 2.24) is 20.3 Å². The Balaban J connectivity index is 1.57. The summed E-state index contributed by atoms with van der Waals surface area (Å²) in [5, 5.41) is 11.4. The van der Waals surface area contributed by atoms with Crippen molar-refractivity contribution in [3.05, 3.63) is 72.3 Å². The van der Waals surface area contributed by atoms with E-state index in [0.29, 0.717) is 46.5 Å². The zero-order chi connectivity index (χ0) is 27.4. The second-order valence-corrected chi connectivity index (χ2v) is 9.69. The average Bonchev–Trinajstić information content (AvgIpc) is 3.58. The van der Waals surface area contributed by atoms with Gasteiger partial charge in [-0.1, -0.05) is 43.3 Å². The minimum atomic E-state index is -0.967. The van der Waals surface area contributed by atoms with E-state index >= 15 is 0 Å². The van der Waals surface area contributed by atoms with Crippen LogP contribution in [-0.2, 0) is 16.1 Å². The number of carbonyl (C=O) groups excluding carboxylic acids is 2. The lowest BCUT2D eigenvalue weighted by Gasteiger charge is -2.32. The summed E-state index contributed by atoms with van der Waals surface area (Å²) in [6, 6.07) is 18.8. The van der Waals surface area contributed by atoms with Crippen LogP contribution in [0.15, 0.2) is 66.7 Å².